The van der Waals surface area contributed by atoms with E-state index in [0.717, 1.165) is 0 Å². The van der Waals surface area contributed by atoms with E-state index in [2.05, 4.69) is 0 Å². The van der Waals surface area contributed by atoms with E-state index in [9.17, 15) is 24.9 Å². The number of esters is 2. The van der Waals surface area contributed by atoms with Crippen molar-refractivity contribution in [2.24, 2.45) is 5.92 Å². The zero-order valence-electron chi connectivity index (χ0n) is 16.5. The van der Waals surface area contributed by atoms with Gasteiger partial charge in [0, 0.05) is 11.1 Å². The molecule has 0 aliphatic carbocycles. The molecule has 0 aromatic heterocycles. The number of phenols is 1. The molecular weight excluding hydrogens is 400 g/mol. The minimum Gasteiger partial charge on any atom is -0.508 e. The molecule has 7 heteroatoms. The van der Waals surface area contributed by atoms with Crippen molar-refractivity contribution in [1.82, 2.24) is 0 Å². The Hall–Kier alpha value is -3.68. The van der Waals surface area contributed by atoms with Crippen molar-refractivity contribution < 1.29 is 34.4 Å². The van der Waals surface area contributed by atoms with Crippen molar-refractivity contribution in [1.29, 1.82) is 0 Å². The van der Waals surface area contributed by atoms with E-state index in [1.54, 1.807) is 72.8 Å². The van der Waals surface area contributed by atoms with Gasteiger partial charge in [-0.2, -0.15) is 0 Å². The van der Waals surface area contributed by atoms with Gasteiger partial charge >= 0.3 is 11.9 Å². The first-order valence-corrected chi connectivity index (χ1v) is 9.59. The second-order valence-corrected chi connectivity index (χ2v) is 6.82. The first kappa shape index (κ1) is 22.0. The number of hydrogen-bond donors (Lipinski definition) is 3. The number of hydrogen-bond acceptors (Lipinski definition) is 7. The Morgan fingerprint density at radius 2 is 1.10 bits per heavy atom. The SMILES string of the molecule is O=C(OC(O)c1ccccc1)C(Cc1ccc(O)cc1)C(=O)OC(O)c1ccccc1. The zero-order valence-corrected chi connectivity index (χ0v) is 16.5. The van der Waals surface area contributed by atoms with Crippen LogP contribution in [0, 0.1) is 5.92 Å². The predicted molar refractivity (Wildman–Crippen MR) is 110 cm³/mol. The smallest absolute Gasteiger partial charge is 0.323 e. The molecule has 0 fully saturated rings. The lowest BCUT2D eigenvalue weighted by molar-refractivity contribution is -0.188. The summed E-state index contributed by atoms with van der Waals surface area (Å²) in [4.78, 5) is 25.5. The minimum absolute atomic E-state index is 0.0319. The van der Waals surface area contributed by atoms with E-state index in [1.807, 2.05) is 0 Å². The number of ether oxygens (including phenoxy) is 2. The molecule has 0 aliphatic heterocycles. The molecule has 0 radical (unpaired) electrons. The number of benzene rings is 3. The van der Waals surface area contributed by atoms with Gasteiger partial charge in [-0.15, -0.1) is 0 Å². The highest BCUT2D eigenvalue weighted by molar-refractivity contribution is 5.95. The highest BCUT2D eigenvalue weighted by Crippen LogP contribution is 2.22. The van der Waals surface area contributed by atoms with Crippen LogP contribution in [0.2, 0.25) is 0 Å². The Bertz CT molecular complexity index is 928. The van der Waals surface area contributed by atoms with Crippen LogP contribution >= 0.6 is 0 Å². The summed E-state index contributed by atoms with van der Waals surface area (Å²) in [5.74, 6) is -3.42. The van der Waals surface area contributed by atoms with Gasteiger partial charge in [0.15, 0.2) is 5.92 Å². The fraction of sp³-hybridized carbons (Fsp3) is 0.167. The summed E-state index contributed by atoms with van der Waals surface area (Å²) >= 11 is 0. The van der Waals surface area contributed by atoms with Crippen molar-refractivity contribution in [2.45, 2.75) is 19.0 Å². The maximum Gasteiger partial charge on any atom is 0.323 e. The lowest BCUT2D eigenvalue weighted by Crippen LogP contribution is -2.31. The normalized spacial score (nSPS) is 13.6. The summed E-state index contributed by atoms with van der Waals surface area (Å²) in [6, 6.07) is 22.4. The summed E-state index contributed by atoms with van der Waals surface area (Å²) in [5.41, 5.74) is 1.24. The number of carbonyl (C=O) groups is 2. The molecule has 160 valence electrons. The molecular formula is C24H22O7. The highest BCUT2D eigenvalue weighted by atomic mass is 16.7. The van der Waals surface area contributed by atoms with Gasteiger partial charge in [-0.3, -0.25) is 9.59 Å². The van der Waals surface area contributed by atoms with E-state index in [-0.39, 0.29) is 12.2 Å². The molecule has 2 unspecified atom stereocenters. The van der Waals surface area contributed by atoms with E-state index in [1.165, 1.54) is 12.1 Å². The Balaban J connectivity index is 1.77. The lowest BCUT2D eigenvalue weighted by Gasteiger charge is -2.20. The quantitative estimate of drug-likeness (QED) is 0.290. The summed E-state index contributed by atoms with van der Waals surface area (Å²) in [5, 5.41) is 29.9. The number of aliphatic hydroxyl groups is 2. The van der Waals surface area contributed by atoms with Crippen molar-refractivity contribution in [3.8, 4) is 5.75 Å². The van der Waals surface area contributed by atoms with Gasteiger partial charge in [0.1, 0.15) is 5.75 Å². The second-order valence-electron chi connectivity index (χ2n) is 6.82. The summed E-state index contributed by atoms with van der Waals surface area (Å²) in [6.45, 7) is 0. The van der Waals surface area contributed by atoms with Crippen molar-refractivity contribution >= 4 is 11.9 Å². The van der Waals surface area contributed by atoms with Crippen LogP contribution in [0.5, 0.6) is 5.75 Å². The van der Waals surface area contributed by atoms with Crippen LogP contribution in [0.4, 0.5) is 0 Å². The Labute approximate surface area is 179 Å². The van der Waals surface area contributed by atoms with Crippen molar-refractivity contribution in [3.05, 3.63) is 102 Å². The molecule has 3 N–H and O–H groups in total. The molecule has 0 spiro atoms. The van der Waals surface area contributed by atoms with Crippen LogP contribution in [0.15, 0.2) is 84.9 Å². The van der Waals surface area contributed by atoms with Gasteiger partial charge in [-0.25, -0.2) is 0 Å². The van der Waals surface area contributed by atoms with Crippen molar-refractivity contribution in [3.63, 3.8) is 0 Å². The Morgan fingerprint density at radius 3 is 1.52 bits per heavy atom. The molecule has 3 rings (SSSR count). The van der Waals surface area contributed by atoms with Gasteiger partial charge in [-0.1, -0.05) is 72.8 Å². The molecule has 3 aromatic rings. The topological polar surface area (TPSA) is 113 Å². The number of rotatable bonds is 8. The molecule has 0 aliphatic rings. The Kier molecular flexibility index (Phi) is 7.37. The molecule has 7 nitrogen and oxygen atoms in total. The van der Waals surface area contributed by atoms with E-state index in [0.29, 0.717) is 16.7 Å². The maximum absolute atomic E-state index is 12.7. The summed E-state index contributed by atoms with van der Waals surface area (Å²) < 4.78 is 10.2. The molecule has 0 amide bonds. The zero-order chi connectivity index (χ0) is 22.2. The van der Waals surface area contributed by atoms with Crippen LogP contribution in [-0.4, -0.2) is 27.3 Å². The largest absolute Gasteiger partial charge is 0.508 e. The first-order valence-electron chi connectivity index (χ1n) is 9.59. The standard InChI is InChI=1S/C24H22O7/c25-19-13-11-16(12-14-19)15-20(23(28)30-21(26)17-7-3-1-4-8-17)24(29)31-22(27)18-9-5-2-6-10-18/h1-14,20-22,25-27H,15H2. The van der Waals surface area contributed by atoms with Crippen LogP contribution in [-0.2, 0) is 25.5 Å². The van der Waals surface area contributed by atoms with Gasteiger partial charge in [-0.05, 0) is 24.1 Å². The maximum atomic E-state index is 12.7. The number of aliphatic hydroxyl groups excluding tert-OH is 2. The third-order valence-electron chi connectivity index (χ3n) is 4.57. The first-order chi connectivity index (χ1) is 14.9. The number of aromatic hydroxyl groups is 1. The molecule has 0 saturated carbocycles. The van der Waals surface area contributed by atoms with Gasteiger partial charge in [0.25, 0.3) is 0 Å². The van der Waals surface area contributed by atoms with E-state index < -0.39 is 30.4 Å². The van der Waals surface area contributed by atoms with Crippen LogP contribution in [0.25, 0.3) is 0 Å². The second kappa shape index (κ2) is 10.4. The molecule has 2 atom stereocenters. The van der Waals surface area contributed by atoms with Gasteiger partial charge in [0.05, 0.1) is 0 Å². The monoisotopic (exact) mass is 422 g/mol. The van der Waals surface area contributed by atoms with Crippen LogP contribution < -0.4 is 0 Å². The lowest BCUT2D eigenvalue weighted by atomic mass is 9.99. The van der Waals surface area contributed by atoms with E-state index >= 15 is 0 Å². The number of phenolic OH excluding ortho intramolecular Hbond substituents is 1. The van der Waals surface area contributed by atoms with Crippen LogP contribution in [0.1, 0.15) is 29.3 Å². The average molecular weight is 422 g/mol. The summed E-state index contributed by atoms with van der Waals surface area (Å²) in [7, 11) is 0. The third-order valence-corrected chi connectivity index (χ3v) is 4.57. The molecule has 3 aromatic carbocycles. The molecule has 0 bridgehead atoms. The van der Waals surface area contributed by atoms with Crippen molar-refractivity contribution in [2.75, 3.05) is 0 Å². The fourth-order valence-corrected chi connectivity index (χ4v) is 2.89. The highest BCUT2D eigenvalue weighted by Gasteiger charge is 2.33. The molecule has 0 saturated heterocycles. The number of carbonyl (C=O) groups excluding carboxylic acids is 2. The fourth-order valence-electron chi connectivity index (χ4n) is 2.89. The molecule has 0 heterocycles. The van der Waals surface area contributed by atoms with E-state index in [4.69, 9.17) is 9.47 Å². The average Bonchev–Trinajstić information content (AvgIpc) is 2.79. The minimum atomic E-state index is -1.57. The van der Waals surface area contributed by atoms with Gasteiger partial charge in [0.2, 0.25) is 12.6 Å². The third kappa shape index (κ3) is 6.15. The molecule has 31 heavy (non-hydrogen) atoms. The van der Waals surface area contributed by atoms with Crippen LogP contribution in [0.3, 0.4) is 0 Å². The predicted octanol–water partition coefficient (Wildman–Crippen LogP) is 3.02. The Morgan fingerprint density at radius 1 is 0.677 bits per heavy atom. The summed E-state index contributed by atoms with van der Waals surface area (Å²) in [6.07, 6.45) is -3.24. The van der Waals surface area contributed by atoms with Gasteiger partial charge < -0.3 is 24.8 Å².